The lowest BCUT2D eigenvalue weighted by Gasteiger charge is -2.36. The van der Waals surface area contributed by atoms with Gasteiger partial charge in [-0.15, -0.1) is 0 Å². The van der Waals surface area contributed by atoms with Crippen LogP contribution in [0.1, 0.15) is 39.0 Å². The van der Waals surface area contributed by atoms with Crippen molar-refractivity contribution >= 4 is 5.91 Å². The van der Waals surface area contributed by atoms with Crippen LogP contribution in [-0.4, -0.2) is 48.4 Å². The molecule has 0 aromatic rings. The summed E-state index contributed by atoms with van der Waals surface area (Å²) in [4.78, 5) is 16.8. The molecular weight excluding hydrogens is 238 g/mol. The average Bonchev–Trinajstić information content (AvgIpc) is 2.46. The fourth-order valence-electron chi connectivity index (χ4n) is 3.10. The number of nitrogens with zero attached hydrogens (tertiary/aromatic N) is 3. The Bertz CT molecular complexity index is 334. The Kier molecular flexibility index (Phi) is 5.21. The summed E-state index contributed by atoms with van der Waals surface area (Å²) in [6.07, 6.45) is 4.86. The molecule has 4 nitrogen and oxygen atoms in total. The molecule has 2 saturated heterocycles. The Labute approximate surface area is 116 Å². The average molecular weight is 263 g/mol. The molecule has 2 heterocycles. The van der Waals surface area contributed by atoms with Gasteiger partial charge in [0.2, 0.25) is 5.91 Å². The Morgan fingerprint density at radius 2 is 1.79 bits per heavy atom. The summed E-state index contributed by atoms with van der Waals surface area (Å²) in [5.41, 5.74) is 0. The third-order valence-electron chi connectivity index (χ3n) is 4.57. The molecule has 1 amide bonds. The molecule has 0 aliphatic carbocycles. The van der Waals surface area contributed by atoms with Gasteiger partial charge in [-0.3, -0.25) is 4.79 Å². The smallest absolute Gasteiger partial charge is 0.225 e. The van der Waals surface area contributed by atoms with Crippen molar-refractivity contribution in [3.8, 4) is 6.07 Å². The second kappa shape index (κ2) is 6.91. The maximum absolute atomic E-state index is 12.4. The highest BCUT2D eigenvalue weighted by Crippen LogP contribution is 2.23. The maximum atomic E-state index is 12.4. The number of nitriles is 1. The van der Waals surface area contributed by atoms with Gasteiger partial charge in [-0.2, -0.15) is 5.26 Å². The first-order valence-electron chi connectivity index (χ1n) is 7.59. The van der Waals surface area contributed by atoms with Crippen molar-refractivity contribution in [3.05, 3.63) is 0 Å². The summed E-state index contributed by atoms with van der Waals surface area (Å²) in [5.74, 6) is 1.38. The first kappa shape index (κ1) is 14.3. The molecule has 2 aliphatic heterocycles. The lowest BCUT2D eigenvalue weighted by molar-refractivity contribution is -0.138. The van der Waals surface area contributed by atoms with Crippen LogP contribution in [0.4, 0.5) is 0 Å². The summed E-state index contributed by atoms with van der Waals surface area (Å²) in [7, 11) is 0. The SMILES string of the molecule is CC1CCN(C(=O)C2CCN(CCC#N)CC2)CC1. The Balaban J connectivity index is 1.75. The largest absolute Gasteiger partial charge is 0.342 e. The molecule has 0 saturated carbocycles. The van der Waals surface area contributed by atoms with Gasteiger partial charge in [0.05, 0.1) is 6.07 Å². The van der Waals surface area contributed by atoms with E-state index in [4.69, 9.17) is 5.26 Å². The predicted molar refractivity (Wildman–Crippen MR) is 74.4 cm³/mol. The number of rotatable bonds is 3. The number of piperidine rings is 2. The van der Waals surface area contributed by atoms with Crippen molar-refractivity contribution in [2.45, 2.75) is 39.0 Å². The summed E-state index contributed by atoms with van der Waals surface area (Å²) in [5, 5.41) is 8.59. The molecule has 0 aromatic heterocycles. The van der Waals surface area contributed by atoms with Crippen LogP contribution < -0.4 is 0 Å². The summed E-state index contributed by atoms with van der Waals surface area (Å²) in [6.45, 7) is 6.99. The van der Waals surface area contributed by atoms with Crippen molar-refractivity contribution in [3.63, 3.8) is 0 Å². The van der Waals surface area contributed by atoms with Gasteiger partial charge in [0.15, 0.2) is 0 Å². The maximum Gasteiger partial charge on any atom is 0.225 e. The van der Waals surface area contributed by atoms with Gasteiger partial charge in [-0.05, 0) is 44.7 Å². The highest BCUT2D eigenvalue weighted by Gasteiger charge is 2.29. The molecule has 4 heteroatoms. The number of hydrogen-bond acceptors (Lipinski definition) is 3. The topological polar surface area (TPSA) is 47.3 Å². The van der Waals surface area contributed by atoms with E-state index < -0.39 is 0 Å². The summed E-state index contributed by atoms with van der Waals surface area (Å²) >= 11 is 0. The first-order valence-corrected chi connectivity index (χ1v) is 7.59. The number of hydrogen-bond donors (Lipinski definition) is 0. The number of carbonyl (C=O) groups is 1. The van der Waals surface area contributed by atoms with Crippen molar-refractivity contribution in [1.29, 1.82) is 5.26 Å². The van der Waals surface area contributed by atoms with E-state index >= 15 is 0 Å². The van der Waals surface area contributed by atoms with Crippen LogP contribution in [-0.2, 0) is 4.79 Å². The lowest BCUT2D eigenvalue weighted by atomic mass is 9.92. The predicted octanol–water partition coefficient (Wildman–Crippen LogP) is 1.87. The minimum absolute atomic E-state index is 0.228. The molecule has 2 rings (SSSR count). The molecule has 0 unspecified atom stereocenters. The fourth-order valence-corrected chi connectivity index (χ4v) is 3.10. The van der Waals surface area contributed by atoms with Crippen LogP contribution in [0.2, 0.25) is 0 Å². The van der Waals surface area contributed by atoms with Crippen LogP contribution in [0.15, 0.2) is 0 Å². The summed E-state index contributed by atoms with van der Waals surface area (Å²) in [6, 6.07) is 2.19. The molecular formula is C15H25N3O. The second-order valence-corrected chi connectivity index (χ2v) is 6.03. The second-order valence-electron chi connectivity index (χ2n) is 6.03. The highest BCUT2D eigenvalue weighted by molar-refractivity contribution is 5.79. The highest BCUT2D eigenvalue weighted by atomic mass is 16.2. The van der Waals surface area contributed by atoms with Crippen molar-refractivity contribution < 1.29 is 4.79 Å². The van der Waals surface area contributed by atoms with E-state index in [0.717, 1.165) is 64.3 Å². The van der Waals surface area contributed by atoms with Gasteiger partial charge in [0.25, 0.3) is 0 Å². The Morgan fingerprint density at radius 1 is 1.16 bits per heavy atom. The molecule has 19 heavy (non-hydrogen) atoms. The molecule has 0 spiro atoms. The molecule has 2 fully saturated rings. The number of carbonyl (C=O) groups excluding carboxylic acids is 1. The number of amides is 1. The molecule has 0 atom stereocenters. The van der Waals surface area contributed by atoms with Gasteiger partial charge in [-0.1, -0.05) is 6.92 Å². The van der Waals surface area contributed by atoms with E-state index in [-0.39, 0.29) is 5.92 Å². The van der Waals surface area contributed by atoms with Gasteiger partial charge in [0.1, 0.15) is 0 Å². The van der Waals surface area contributed by atoms with Gasteiger partial charge in [0, 0.05) is 32.0 Å². The van der Waals surface area contributed by atoms with Gasteiger partial charge in [-0.25, -0.2) is 0 Å². The molecule has 0 radical (unpaired) electrons. The van der Waals surface area contributed by atoms with Gasteiger partial charge < -0.3 is 9.80 Å². The van der Waals surface area contributed by atoms with E-state index in [9.17, 15) is 4.79 Å². The van der Waals surface area contributed by atoms with Crippen LogP contribution in [0, 0.1) is 23.2 Å². The van der Waals surface area contributed by atoms with Crippen molar-refractivity contribution in [2.24, 2.45) is 11.8 Å². The van der Waals surface area contributed by atoms with Gasteiger partial charge >= 0.3 is 0 Å². The third kappa shape index (κ3) is 3.94. The Morgan fingerprint density at radius 3 is 2.37 bits per heavy atom. The lowest BCUT2D eigenvalue weighted by Crippen LogP contribution is -2.45. The quantitative estimate of drug-likeness (QED) is 0.781. The normalized spacial score (nSPS) is 23.3. The van der Waals surface area contributed by atoms with E-state index in [0.29, 0.717) is 12.3 Å². The minimum atomic E-state index is 0.228. The standard InChI is InChI=1S/C15H25N3O/c1-13-3-11-18(12-4-13)15(19)14-5-9-17(10-6-14)8-2-7-16/h13-14H,2-6,8-12H2,1H3. The van der Waals surface area contributed by atoms with E-state index in [1.807, 2.05) is 0 Å². The van der Waals surface area contributed by atoms with E-state index in [1.165, 1.54) is 0 Å². The molecule has 0 aromatic carbocycles. The number of likely N-dealkylation sites (tertiary alicyclic amines) is 2. The monoisotopic (exact) mass is 263 g/mol. The zero-order valence-corrected chi connectivity index (χ0v) is 12.0. The molecule has 0 bridgehead atoms. The van der Waals surface area contributed by atoms with Crippen LogP contribution in [0.5, 0.6) is 0 Å². The van der Waals surface area contributed by atoms with Crippen molar-refractivity contribution in [1.82, 2.24) is 9.80 Å². The third-order valence-corrected chi connectivity index (χ3v) is 4.57. The van der Waals surface area contributed by atoms with Crippen LogP contribution in [0.25, 0.3) is 0 Å². The molecule has 0 N–H and O–H groups in total. The van der Waals surface area contributed by atoms with E-state index in [1.54, 1.807) is 0 Å². The van der Waals surface area contributed by atoms with E-state index in [2.05, 4.69) is 22.8 Å². The molecule has 2 aliphatic rings. The zero-order valence-electron chi connectivity index (χ0n) is 12.0. The Hall–Kier alpha value is -1.08. The molecule has 106 valence electrons. The summed E-state index contributed by atoms with van der Waals surface area (Å²) < 4.78 is 0. The first-order chi connectivity index (χ1) is 9.20. The minimum Gasteiger partial charge on any atom is -0.342 e. The zero-order chi connectivity index (χ0) is 13.7. The van der Waals surface area contributed by atoms with Crippen LogP contribution >= 0.6 is 0 Å². The van der Waals surface area contributed by atoms with Crippen molar-refractivity contribution in [2.75, 3.05) is 32.7 Å². The van der Waals surface area contributed by atoms with Crippen LogP contribution in [0.3, 0.4) is 0 Å². The fraction of sp³-hybridized carbons (Fsp3) is 0.867.